The summed E-state index contributed by atoms with van der Waals surface area (Å²) in [6.45, 7) is 1.06. The molecule has 2 rings (SSSR count). The van der Waals surface area contributed by atoms with Crippen molar-refractivity contribution in [3.63, 3.8) is 0 Å². The number of aryl methyl sites for hydroxylation is 1. The van der Waals surface area contributed by atoms with E-state index >= 15 is 0 Å². The third kappa shape index (κ3) is 4.04. The topological polar surface area (TPSA) is 57.6 Å². The van der Waals surface area contributed by atoms with Gasteiger partial charge in [0.2, 0.25) is 0 Å². The summed E-state index contributed by atoms with van der Waals surface area (Å²) in [5.41, 5.74) is 2.65. The van der Waals surface area contributed by atoms with Crippen molar-refractivity contribution in [2.75, 3.05) is 31.7 Å². The third-order valence-corrected chi connectivity index (χ3v) is 4.84. The molecule has 112 valence electrons. The first-order valence-corrected chi connectivity index (χ1v) is 9.18. The number of nitrogens with zero attached hydrogens (tertiary/aromatic N) is 1. The van der Waals surface area contributed by atoms with Crippen LogP contribution in [0, 0.1) is 0 Å². The Morgan fingerprint density at radius 2 is 2.05 bits per heavy atom. The molecule has 0 saturated carbocycles. The Bertz CT molecular complexity index is 542. The SMILES string of the molecule is CS(=O)(=O)CCN(CCO)[C@@H]1CCCc2ccccc21. The highest BCUT2D eigenvalue weighted by Crippen LogP contribution is 2.33. The van der Waals surface area contributed by atoms with Gasteiger partial charge in [-0.25, -0.2) is 8.42 Å². The lowest BCUT2D eigenvalue weighted by Crippen LogP contribution is -2.36. The number of fused-ring (bicyclic) bond motifs is 1. The van der Waals surface area contributed by atoms with E-state index in [2.05, 4.69) is 17.0 Å². The number of sulfone groups is 1. The van der Waals surface area contributed by atoms with Gasteiger partial charge < -0.3 is 5.11 Å². The fourth-order valence-corrected chi connectivity index (χ4v) is 3.51. The van der Waals surface area contributed by atoms with Crippen LogP contribution in [0.2, 0.25) is 0 Å². The van der Waals surface area contributed by atoms with E-state index in [0.717, 1.165) is 19.3 Å². The average Bonchev–Trinajstić information content (AvgIpc) is 2.42. The first-order valence-electron chi connectivity index (χ1n) is 7.11. The summed E-state index contributed by atoms with van der Waals surface area (Å²) in [6.07, 6.45) is 4.49. The molecule has 0 saturated heterocycles. The van der Waals surface area contributed by atoms with Crippen LogP contribution in [-0.4, -0.2) is 50.1 Å². The zero-order valence-electron chi connectivity index (χ0n) is 12.0. The van der Waals surface area contributed by atoms with E-state index in [9.17, 15) is 13.5 Å². The van der Waals surface area contributed by atoms with Crippen molar-refractivity contribution in [2.45, 2.75) is 25.3 Å². The zero-order valence-corrected chi connectivity index (χ0v) is 12.8. The summed E-state index contributed by atoms with van der Waals surface area (Å²) in [6, 6.07) is 8.59. The first kappa shape index (κ1) is 15.5. The quantitative estimate of drug-likeness (QED) is 0.862. The van der Waals surface area contributed by atoms with Gasteiger partial charge in [0.25, 0.3) is 0 Å². The molecule has 0 aromatic heterocycles. The van der Waals surface area contributed by atoms with Crippen molar-refractivity contribution in [2.24, 2.45) is 0 Å². The van der Waals surface area contributed by atoms with E-state index < -0.39 is 9.84 Å². The van der Waals surface area contributed by atoms with Crippen molar-refractivity contribution in [3.05, 3.63) is 35.4 Å². The second kappa shape index (κ2) is 6.70. The Kier molecular flexibility index (Phi) is 5.18. The van der Waals surface area contributed by atoms with Crippen LogP contribution in [0.25, 0.3) is 0 Å². The maximum atomic E-state index is 11.4. The summed E-state index contributed by atoms with van der Waals surface area (Å²) in [7, 11) is -2.98. The first-order chi connectivity index (χ1) is 9.51. The molecule has 0 fully saturated rings. The highest BCUT2D eigenvalue weighted by Gasteiger charge is 2.25. The molecule has 0 bridgehead atoms. The van der Waals surface area contributed by atoms with Crippen molar-refractivity contribution in [3.8, 4) is 0 Å². The van der Waals surface area contributed by atoms with Crippen molar-refractivity contribution in [1.29, 1.82) is 0 Å². The molecular weight excluding hydrogens is 274 g/mol. The number of rotatable bonds is 6. The van der Waals surface area contributed by atoms with Crippen molar-refractivity contribution in [1.82, 2.24) is 4.90 Å². The third-order valence-electron chi connectivity index (χ3n) is 3.92. The summed E-state index contributed by atoms with van der Waals surface area (Å²) in [5.74, 6) is 0.145. The van der Waals surface area contributed by atoms with Crippen LogP contribution in [-0.2, 0) is 16.3 Å². The summed E-state index contributed by atoms with van der Waals surface area (Å²) >= 11 is 0. The van der Waals surface area contributed by atoms with Gasteiger partial charge in [0.1, 0.15) is 9.84 Å². The van der Waals surface area contributed by atoms with Gasteiger partial charge in [0.15, 0.2) is 0 Å². The van der Waals surface area contributed by atoms with Gasteiger partial charge in [0, 0.05) is 25.4 Å². The molecule has 5 heteroatoms. The number of aliphatic hydroxyl groups excluding tert-OH is 1. The van der Waals surface area contributed by atoms with Crippen LogP contribution in [0.5, 0.6) is 0 Å². The van der Waals surface area contributed by atoms with Crippen molar-refractivity contribution < 1.29 is 13.5 Å². The van der Waals surface area contributed by atoms with Gasteiger partial charge in [0.05, 0.1) is 12.4 Å². The van der Waals surface area contributed by atoms with Gasteiger partial charge >= 0.3 is 0 Å². The van der Waals surface area contributed by atoms with E-state index in [1.807, 2.05) is 12.1 Å². The highest BCUT2D eigenvalue weighted by molar-refractivity contribution is 7.90. The lowest BCUT2D eigenvalue weighted by molar-refractivity contribution is 0.146. The van der Waals surface area contributed by atoms with Gasteiger partial charge in [-0.2, -0.15) is 0 Å². The largest absolute Gasteiger partial charge is 0.395 e. The van der Waals surface area contributed by atoms with Crippen LogP contribution in [0.3, 0.4) is 0 Å². The molecule has 20 heavy (non-hydrogen) atoms. The molecule has 0 aliphatic heterocycles. The summed E-state index contributed by atoms with van der Waals surface area (Å²) < 4.78 is 22.8. The molecule has 0 unspecified atom stereocenters. The van der Waals surface area contributed by atoms with Crippen LogP contribution in [0.1, 0.15) is 30.0 Å². The van der Waals surface area contributed by atoms with Gasteiger partial charge in [-0.15, -0.1) is 0 Å². The lowest BCUT2D eigenvalue weighted by Gasteiger charge is -2.35. The predicted molar refractivity (Wildman–Crippen MR) is 80.5 cm³/mol. The van der Waals surface area contributed by atoms with Gasteiger partial charge in [-0.3, -0.25) is 4.90 Å². The predicted octanol–water partition coefficient (Wildman–Crippen LogP) is 1.40. The fourth-order valence-electron chi connectivity index (χ4n) is 2.94. The smallest absolute Gasteiger partial charge is 0.148 e. The fraction of sp³-hybridized carbons (Fsp3) is 0.600. The second-order valence-electron chi connectivity index (χ2n) is 5.50. The van der Waals surface area contributed by atoms with E-state index in [0.29, 0.717) is 13.1 Å². The molecular formula is C15H23NO3S. The number of benzene rings is 1. The Morgan fingerprint density at radius 1 is 1.30 bits per heavy atom. The molecule has 0 spiro atoms. The van der Waals surface area contributed by atoms with E-state index in [1.165, 1.54) is 17.4 Å². The average molecular weight is 297 g/mol. The van der Waals surface area contributed by atoms with Gasteiger partial charge in [-0.1, -0.05) is 24.3 Å². The number of hydrogen-bond acceptors (Lipinski definition) is 4. The monoisotopic (exact) mass is 297 g/mol. The molecule has 1 aromatic rings. The molecule has 1 aliphatic rings. The number of aliphatic hydroxyl groups is 1. The van der Waals surface area contributed by atoms with E-state index in [4.69, 9.17) is 0 Å². The maximum absolute atomic E-state index is 11.4. The van der Waals surface area contributed by atoms with Crippen LogP contribution >= 0.6 is 0 Å². The van der Waals surface area contributed by atoms with E-state index in [-0.39, 0.29) is 18.4 Å². The lowest BCUT2D eigenvalue weighted by atomic mass is 9.87. The Morgan fingerprint density at radius 3 is 2.75 bits per heavy atom. The van der Waals surface area contributed by atoms with Crippen LogP contribution < -0.4 is 0 Å². The molecule has 0 heterocycles. The van der Waals surface area contributed by atoms with Crippen molar-refractivity contribution >= 4 is 9.84 Å². The summed E-state index contributed by atoms with van der Waals surface area (Å²) in [5, 5.41) is 9.25. The minimum Gasteiger partial charge on any atom is -0.395 e. The minimum atomic E-state index is -2.98. The molecule has 1 aromatic carbocycles. The van der Waals surface area contributed by atoms with Gasteiger partial charge in [-0.05, 0) is 30.4 Å². The molecule has 1 aliphatic carbocycles. The number of hydrogen-bond donors (Lipinski definition) is 1. The minimum absolute atomic E-state index is 0.0580. The highest BCUT2D eigenvalue weighted by atomic mass is 32.2. The molecule has 0 radical (unpaired) electrons. The second-order valence-corrected chi connectivity index (χ2v) is 7.76. The Hall–Kier alpha value is -0.910. The van der Waals surface area contributed by atoms with Crippen LogP contribution in [0.4, 0.5) is 0 Å². The Labute approximate surface area is 121 Å². The van der Waals surface area contributed by atoms with Crippen LogP contribution in [0.15, 0.2) is 24.3 Å². The molecule has 1 N–H and O–H groups in total. The molecule has 0 amide bonds. The molecule has 1 atom stereocenters. The van der Waals surface area contributed by atoms with E-state index in [1.54, 1.807) is 0 Å². The summed E-state index contributed by atoms with van der Waals surface area (Å²) in [4.78, 5) is 2.11. The maximum Gasteiger partial charge on any atom is 0.148 e. The standard InChI is InChI=1S/C15H23NO3S/c1-20(18,19)12-10-16(9-11-17)15-8-4-6-13-5-2-3-7-14(13)15/h2-3,5,7,15,17H,4,6,8-12H2,1H3/t15-/m1/s1. The normalized spacial score (nSPS) is 19.1. The molecule has 4 nitrogen and oxygen atoms in total. The Balaban J connectivity index is 2.17. The zero-order chi connectivity index (χ0) is 14.6.